The molecule has 0 bridgehead atoms. The standard InChI is InChI=1S/C17H20ClNO3S/c1-12-7-8-17(16(18)9-12)23(20,21)19-13(2)10-14-5-4-6-15(11-14)22-3/h4-9,11,13,19H,10H2,1-3H3. The van der Waals surface area contributed by atoms with E-state index in [1.165, 1.54) is 6.07 Å². The second-order valence-electron chi connectivity index (χ2n) is 5.51. The smallest absolute Gasteiger partial charge is 0.242 e. The van der Waals surface area contributed by atoms with Crippen LogP contribution >= 0.6 is 11.6 Å². The van der Waals surface area contributed by atoms with E-state index in [4.69, 9.17) is 16.3 Å². The van der Waals surface area contributed by atoms with Crippen molar-refractivity contribution in [3.8, 4) is 5.75 Å². The summed E-state index contributed by atoms with van der Waals surface area (Å²) in [7, 11) is -2.05. The summed E-state index contributed by atoms with van der Waals surface area (Å²) in [5.74, 6) is 0.749. The molecule has 2 rings (SSSR count). The van der Waals surface area contributed by atoms with Gasteiger partial charge in [-0.1, -0.05) is 29.8 Å². The molecule has 6 heteroatoms. The van der Waals surface area contributed by atoms with Crippen molar-refractivity contribution in [3.63, 3.8) is 0 Å². The van der Waals surface area contributed by atoms with E-state index >= 15 is 0 Å². The molecule has 0 aliphatic heterocycles. The number of sulfonamides is 1. The molecule has 0 saturated carbocycles. The predicted molar refractivity (Wildman–Crippen MR) is 92.7 cm³/mol. The Morgan fingerprint density at radius 1 is 1.22 bits per heavy atom. The summed E-state index contributed by atoms with van der Waals surface area (Å²) in [6.07, 6.45) is 0.555. The van der Waals surface area contributed by atoms with Crippen molar-refractivity contribution in [3.05, 3.63) is 58.6 Å². The second kappa shape index (κ2) is 7.34. The van der Waals surface area contributed by atoms with Crippen LogP contribution in [0, 0.1) is 6.92 Å². The van der Waals surface area contributed by atoms with Crippen LogP contribution in [-0.2, 0) is 16.4 Å². The highest BCUT2D eigenvalue weighted by atomic mass is 35.5. The van der Waals surface area contributed by atoms with Crippen molar-refractivity contribution in [2.24, 2.45) is 0 Å². The van der Waals surface area contributed by atoms with E-state index in [1.54, 1.807) is 19.2 Å². The van der Waals surface area contributed by atoms with Gasteiger partial charge in [0.1, 0.15) is 10.6 Å². The van der Waals surface area contributed by atoms with Gasteiger partial charge >= 0.3 is 0 Å². The molecule has 0 aromatic heterocycles. The minimum absolute atomic E-state index is 0.0993. The Kier molecular flexibility index (Phi) is 5.68. The summed E-state index contributed by atoms with van der Waals surface area (Å²) >= 11 is 6.06. The Morgan fingerprint density at radius 3 is 2.61 bits per heavy atom. The van der Waals surface area contributed by atoms with Crippen molar-refractivity contribution >= 4 is 21.6 Å². The van der Waals surface area contributed by atoms with Crippen molar-refractivity contribution in [2.45, 2.75) is 31.2 Å². The highest BCUT2D eigenvalue weighted by molar-refractivity contribution is 7.89. The number of hydrogen-bond donors (Lipinski definition) is 1. The van der Waals surface area contributed by atoms with Crippen molar-refractivity contribution < 1.29 is 13.2 Å². The zero-order chi connectivity index (χ0) is 17.0. The third kappa shape index (κ3) is 4.70. The van der Waals surface area contributed by atoms with Crippen LogP contribution in [0.5, 0.6) is 5.75 Å². The van der Waals surface area contributed by atoms with Gasteiger partial charge in [-0.15, -0.1) is 0 Å². The number of halogens is 1. The first kappa shape index (κ1) is 17.8. The molecule has 124 valence electrons. The van der Waals surface area contributed by atoms with Gasteiger partial charge in [-0.3, -0.25) is 0 Å². The number of nitrogens with one attached hydrogen (secondary N) is 1. The third-order valence-corrected chi connectivity index (χ3v) is 5.48. The van der Waals surface area contributed by atoms with Gasteiger partial charge in [-0.25, -0.2) is 13.1 Å². The SMILES string of the molecule is COc1cccc(CC(C)NS(=O)(=O)c2ccc(C)cc2Cl)c1. The van der Waals surface area contributed by atoms with E-state index in [9.17, 15) is 8.42 Å². The van der Waals surface area contributed by atoms with Crippen LogP contribution in [0.4, 0.5) is 0 Å². The van der Waals surface area contributed by atoms with Crippen LogP contribution in [0.3, 0.4) is 0 Å². The van der Waals surface area contributed by atoms with E-state index in [1.807, 2.05) is 38.1 Å². The largest absolute Gasteiger partial charge is 0.497 e. The molecule has 0 spiro atoms. The van der Waals surface area contributed by atoms with E-state index in [0.29, 0.717) is 6.42 Å². The molecule has 2 aromatic rings. The van der Waals surface area contributed by atoms with Gasteiger partial charge in [0.25, 0.3) is 0 Å². The second-order valence-corrected chi connectivity index (χ2v) is 7.60. The zero-order valence-corrected chi connectivity index (χ0v) is 14.9. The maximum absolute atomic E-state index is 12.5. The van der Waals surface area contributed by atoms with Crippen molar-refractivity contribution in [2.75, 3.05) is 7.11 Å². The van der Waals surface area contributed by atoms with Gasteiger partial charge in [0.2, 0.25) is 10.0 Å². The molecule has 0 radical (unpaired) electrons. The van der Waals surface area contributed by atoms with E-state index in [-0.39, 0.29) is 16.0 Å². The van der Waals surface area contributed by atoms with Gasteiger partial charge in [-0.05, 0) is 55.7 Å². The third-order valence-electron chi connectivity index (χ3n) is 3.41. The molecule has 0 heterocycles. The number of benzene rings is 2. The summed E-state index contributed by atoms with van der Waals surface area (Å²) in [6.45, 7) is 3.68. The summed E-state index contributed by atoms with van der Waals surface area (Å²) < 4.78 is 32.8. The van der Waals surface area contributed by atoms with Crippen molar-refractivity contribution in [1.29, 1.82) is 0 Å². The van der Waals surface area contributed by atoms with E-state index < -0.39 is 10.0 Å². The lowest BCUT2D eigenvalue weighted by atomic mass is 10.1. The predicted octanol–water partition coefficient (Wildman–Crippen LogP) is 3.57. The minimum Gasteiger partial charge on any atom is -0.497 e. The average Bonchev–Trinajstić information content (AvgIpc) is 2.46. The molecule has 0 amide bonds. The maximum atomic E-state index is 12.5. The summed E-state index contributed by atoms with van der Waals surface area (Å²) in [6, 6.07) is 12.2. The first-order chi connectivity index (χ1) is 10.8. The number of ether oxygens (including phenoxy) is 1. The molecular weight excluding hydrogens is 334 g/mol. The van der Waals surface area contributed by atoms with Crippen LogP contribution < -0.4 is 9.46 Å². The normalized spacial score (nSPS) is 12.9. The first-order valence-electron chi connectivity index (χ1n) is 7.23. The van der Waals surface area contributed by atoms with Crippen LogP contribution in [0.1, 0.15) is 18.1 Å². The summed E-state index contributed by atoms with van der Waals surface area (Å²) in [5, 5.41) is 0.228. The van der Waals surface area contributed by atoms with Crippen LogP contribution in [0.25, 0.3) is 0 Å². The molecule has 1 unspecified atom stereocenters. The fourth-order valence-corrected chi connectivity index (χ4v) is 4.19. The van der Waals surface area contributed by atoms with Crippen LogP contribution in [0.15, 0.2) is 47.4 Å². The molecule has 2 aromatic carbocycles. The Hall–Kier alpha value is -1.56. The van der Waals surface area contributed by atoms with Gasteiger partial charge in [0, 0.05) is 6.04 Å². The van der Waals surface area contributed by atoms with Gasteiger partial charge in [-0.2, -0.15) is 0 Å². The van der Waals surface area contributed by atoms with Gasteiger partial charge in [0.15, 0.2) is 0 Å². The molecule has 23 heavy (non-hydrogen) atoms. The fraction of sp³-hybridized carbons (Fsp3) is 0.294. The van der Waals surface area contributed by atoms with E-state index in [2.05, 4.69) is 4.72 Å². The highest BCUT2D eigenvalue weighted by Crippen LogP contribution is 2.23. The van der Waals surface area contributed by atoms with Crippen LogP contribution in [-0.4, -0.2) is 21.6 Å². The molecule has 1 N–H and O–H groups in total. The molecule has 0 saturated heterocycles. The lowest BCUT2D eigenvalue weighted by molar-refractivity contribution is 0.414. The Morgan fingerprint density at radius 2 is 1.96 bits per heavy atom. The molecule has 1 atom stereocenters. The maximum Gasteiger partial charge on any atom is 0.242 e. The van der Waals surface area contributed by atoms with Gasteiger partial charge < -0.3 is 4.74 Å². The van der Waals surface area contributed by atoms with E-state index in [0.717, 1.165) is 16.9 Å². The summed E-state index contributed by atoms with van der Waals surface area (Å²) in [4.78, 5) is 0.0993. The molecular formula is C17H20ClNO3S. The first-order valence-corrected chi connectivity index (χ1v) is 9.09. The topological polar surface area (TPSA) is 55.4 Å². The lowest BCUT2D eigenvalue weighted by Gasteiger charge is -2.15. The zero-order valence-electron chi connectivity index (χ0n) is 13.3. The quantitative estimate of drug-likeness (QED) is 0.863. The fourth-order valence-electron chi connectivity index (χ4n) is 2.35. The minimum atomic E-state index is -3.66. The number of rotatable bonds is 6. The Bertz CT molecular complexity index is 790. The van der Waals surface area contributed by atoms with Crippen LogP contribution in [0.2, 0.25) is 5.02 Å². The highest BCUT2D eigenvalue weighted by Gasteiger charge is 2.20. The number of methoxy groups -OCH3 is 1. The monoisotopic (exact) mass is 353 g/mol. The molecule has 4 nitrogen and oxygen atoms in total. The lowest BCUT2D eigenvalue weighted by Crippen LogP contribution is -2.34. The Balaban J connectivity index is 2.13. The molecule has 0 fully saturated rings. The number of hydrogen-bond acceptors (Lipinski definition) is 3. The van der Waals surface area contributed by atoms with Crippen molar-refractivity contribution in [1.82, 2.24) is 4.72 Å². The Labute approximate surface area is 142 Å². The average molecular weight is 354 g/mol. The number of aryl methyl sites for hydroxylation is 1. The van der Waals surface area contributed by atoms with Gasteiger partial charge in [0.05, 0.1) is 12.1 Å². The molecule has 0 aliphatic rings. The molecule has 0 aliphatic carbocycles. The summed E-state index contributed by atoms with van der Waals surface area (Å²) in [5.41, 5.74) is 1.91.